The maximum absolute atomic E-state index is 14.3. The van der Waals surface area contributed by atoms with Crippen molar-refractivity contribution in [3.8, 4) is 0 Å². The second-order valence-corrected chi connectivity index (χ2v) is 5.96. The third kappa shape index (κ3) is 4.76. The minimum absolute atomic E-state index is 0. The van der Waals surface area contributed by atoms with E-state index in [2.05, 4.69) is 10.2 Å². The van der Waals surface area contributed by atoms with E-state index in [0.29, 0.717) is 13.2 Å². The molecule has 0 saturated carbocycles. The van der Waals surface area contributed by atoms with Crippen LogP contribution in [0.25, 0.3) is 0 Å². The Balaban J connectivity index is 0.00000144. The lowest BCUT2D eigenvalue weighted by molar-refractivity contribution is 0.0191. The van der Waals surface area contributed by atoms with Crippen molar-refractivity contribution in [2.24, 2.45) is 5.92 Å². The van der Waals surface area contributed by atoms with E-state index in [0.717, 1.165) is 51.2 Å². The van der Waals surface area contributed by atoms with E-state index in [-0.39, 0.29) is 42.3 Å². The summed E-state index contributed by atoms with van der Waals surface area (Å²) in [4.78, 5) is 2.12. The van der Waals surface area contributed by atoms with Gasteiger partial charge in [-0.05, 0) is 18.8 Å². The molecule has 2 heterocycles. The predicted octanol–water partition coefficient (Wildman–Crippen LogP) is 3.32. The van der Waals surface area contributed by atoms with Gasteiger partial charge in [0.15, 0.2) is 0 Å². The van der Waals surface area contributed by atoms with E-state index >= 15 is 0 Å². The monoisotopic (exact) mass is 386 g/mol. The molecular weight excluding hydrogens is 364 g/mol. The fourth-order valence-electron chi connectivity index (χ4n) is 3.54. The number of nitrogens with one attached hydrogen (secondary N) is 1. The number of halogens is 5. The van der Waals surface area contributed by atoms with Crippen molar-refractivity contribution in [1.29, 1.82) is 0 Å². The van der Waals surface area contributed by atoms with Gasteiger partial charge in [-0.1, -0.05) is 0 Å². The van der Waals surface area contributed by atoms with Gasteiger partial charge >= 0.3 is 0 Å². The Morgan fingerprint density at radius 2 is 1.54 bits per heavy atom. The smallest absolute Gasteiger partial charge is 0.133 e. The zero-order valence-corrected chi connectivity index (χ0v) is 14.9. The first-order valence-electron chi connectivity index (χ1n) is 7.84. The van der Waals surface area contributed by atoms with Gasteiger partial charge in [-0.15, -0.1) is 24.8 Å². The van der Waals surface area contributed by atoms with Crippen molar-refractivity contribution in [2.75, 3.05) is 39.4 Å². The van der Waals surface area contributed by atoms with Gasteiger partial charge in [0, 0.05) is 63.1 Å². The molecule has 2 aliphatic heterocycles. The molecule has 0 unspecified atom stereocenters. The number of hydrogen-bond acceptors (Lipinski definition) is 3. The molecule has 0 aromatic heterocycles. The standard InChI is InChI=1S/C16H21F3N2O.2ClH/c17-12-9-13(18)15(14(19)10-12)16(11-1-7-22-8-2-11)21-5-3-20-4-6-21;;/h9-11,16,20H,1-8H2;2*1H/t16-;;/m0../s1. The van der Waals surface area contributed by atoms with Crippen LogP contribution < -0.4 is 5.32 Å². The SMILES string of the molecule is Cl.Cl.Fc1cc(F)c([C@H](C2CCOCC2)N2CCNCC2)c(F)c1. The molecule has 2 aliphatic rings. The molecule has 138 valence electrons. The van der Waals surface area contributed by atoms with Gasteiger partial charge in [-0.2, -0.15) is 0 Å². The molecule has 2 fully saturated rings. The summed E-state index contributed by atoms with van der Waals surface area (Å²) in [5.41, 5.74) is 0.00944. The van der Waals surface area contributed by atoms with E-state index < -0.39 is 17.5 Å². The Labute approximate surface area is 152 Å². The van der Waals surface area contributed by atoms with Gasteiger partial charge in [0.25, 0.3) is 0 Å². The van der Waals surface area contributed by atoms with Crippen LogP contribution >= 0.6 is 24.8 Å². The Morgan fingerprint density at radius 1 is 1.00 bits per heavy atom. The van der Waals surface area contributed by atoms with Gasteiger partial charge < -0.3 is 10.1 Å². The molecule has 0 aliphatic carbocycles. The number of hydrogen-bond donors (Lipinski definition) is 1. The van der Waals surface area contributed by atoms with Crippen LogP contribution in [0.4, 0.5) is 13.2 Å². The van der Waals surface area contributed by atoms with E-state index in [9.17, 15) is 13.2 Å². The summed E-state index contributed by atoms with van der Waals surface area (Å²) >= 11 is 0. The maximum Gasteiger partial charge on any atom is 0.133 e. The maximum atomic E-state index is 14.3. The lowest BCUT2D eigenvalue weighted by atomic mass is 9.85. The van der Waals surface area contributed by atoms with Crippen molar-refractivity contribution in [2.45, 2.75) is 18.9 Å². The zero-order chi connectivity index (χ0) is 15.5. The molecule has 24 heavy (non-hydrogen) atoms. The Hall–Kier alpha value is -0.530. The second kappa shape index (κ2) is 9.82. The molecule has 0 bridgehead atoms. The minimum Gasteiger partial charge on any atom is -0.381 e. The summed E-state index contributed by atoms with van der Waals surface area (Å²) in [6, 6.07) is 1.21. The molecule has 1 aromatic rings. The fourth-order valence-corrected chi connectivity index (χ4v) is 3.54. The molecular formula is C16H23Cl2F3N2O. The van der Waals surface area contributed by atoms with Crippen LogP contribution in [0.3, 0.4) is 0 Å². The lowest BCUT2D eigenvalue weighted by Gasteiger charge is -2.41. The van der Waals surface area contributed by atoms with E-state index in [1.165, 1.54) is 0 Å². The van der Waals surface area contributed by atoms with E-state index in [4.69, 9.17) is 4.74 Å². The van der Waals surface area contributed by atoms with Crippen LogP contribution in [0.1, 0.15) is 24.4 Å². The summed E-state index contributed by atoms with van der Waals surface area (Å²) in [5, 5.41) is 3.25. The third-order valence-corrected chi connectivity index (χ3v) is 4.60. The highest BCUT2D eigenvalue weighted by molar-refractivity contribution is 5.85. The fraction of sp³-hybridized carbons (Fsp3) is 0.625. The van der Waals surface area contributed by atoms with Gasteiger partial charge in [0.2, 0.25) is 0 Å². The molecule has 3 rings (SSSR count). The molecule has 2 saturated heterocycles. The van der Waals surface area contributed by atoms with Gasteiger partial charge in [0.1, 0.15) is 17.5 Å². The summed E-state index contributed by atoms with van der Waals surface area (Å²) in [5.74, 6) is -2.31. The van der Waals surface area contributed by atoms with Gasteiger partial charge in [-0.3, -0.25) is 4.90 Å². The summed E-state index contributed by atoms with van der Waals surface area (Å²) in [6.45, 7) is 4.28. The molecule has 1 aromatic carbocycles. The van der Waals surface area contributed by atoms with Crippen LogP contribution in [0.2, 0.25) is 0 Å². The van der Waals surface area contributed by atoms with Crippen LogP contribution in [0.15, 0.2) is 12.1 Å². The van der Waals surface area contributed by atoms with Crippen LogP contribution in [-0.4, -0.2) is 44.3 Å². The molecule has 8 heteroatoms. The van der Waals surface area contributed by atoms with Crippen molar-refractivity contribution in [3.05, 3.63) is 35.1 Å². The first kappa shape index (κ1) is 21.5. The first-order chi connectivity index (χ1) is 10.7. The first-order valence-corrected chi connectivity index (χ1v) is 7.84. The van der Waals surface area contributed by atoms with Crippen molar-refractivity contribution in [1.82, 2.24) is 10.2 Å². The van der Waals surface area contributed by atoms with Crippen LogP contribution in [0.5, 0.6) is 0 Å². The van der Waals surface area contributed by atoms with Crippen molar-refractivity contribution in [3.63, 3.8) is 0 Å². The molecule has 1 atom stereocenters. The number of ether oxygens (including phenoxy) is 1. The highest BCUT2D eigenvalue weighted by atomic mass is 35.5. The summed E-state index contributed by atoms with van der Waals surface area (Å²) < 4.78 is 47.2. The highest BCUT2D eigenvalue weighted by Crippen LogP contribution is 2.38. The predicted molar refractivity (Wildman–Crippen MR) is 91.5 cm³/mol. The molecule has 1 N–H and O–H groups in total. The third-order valence-electron chi connectivity index (χ3n) is 4.60. The molecule has 0 radical (unpaired) electrons. The number of rotatable bonds is 3. The zero-order valence-electron chi connectivity index (χ0n) is 13.3. The van der Waals surface area contributed by atoms with Crippen LogP contribution in [-0.2, 0) is 4.74 Å². The number of piperazine rings is 1. The van der Waals surface area contributed by atoms with E-state index in [1.54, 1.807) is 0 Å². The van der Waals surface area contributed by atoms with Gasteiger partial charge in [0.05, 0.1) is 0 Å². The molecule has 0 amide bonds. The largest absolute Gasteiger partial charge is 0.381 e. The Kier molecular flexibility index (Phi) is 8.81. The number of benzene rings is 1. The average molecular weight is 387 g/mol. The summed E-state index contributed by atoms with van der Waals surface area (Å²) in [7, 11) is 0. The highest BCUT2D eigenvalue weighted by Gasteiger charge is 2.35. The van der Waals surface area contributed by atoms with Crippen molar-refractivity contribution < 1.29 is 17.9 Å². The number of nitrogens with zero attached hydrogens (tertiary/aromatic N) is 1. The van der Waals surface area contributed by atoms with Crippen molar-refractivity contribution >= 4 is 24.8 Å². The Morgan fingerprint density at radius 3 is 2.08 bits per heavy atom. The summed E-state index contributed by atoms with van der Waals surface area (Å²) in [6.07, 6.45) is 1.54. The van der Waals surface area contributed by atoms with E-state index in [1.807, 2.05) is 0 Å². The quantitative estimate of drug-likeness (QED) is 0.862. The average Bonchev–Trinajstić information content (AvgIpc) is 2.52. The molecule has 3 nitrogen and oxygen atoms in total. The lowest BCUT2D eigenvalue weighted by Crippen LogP contribution is -2.48. The minimum atomic E-state index is -0.871. The van der Waals surface area contributed by atoms with Gasteiger partial charge in [-0.25, -0.2) is 13.2 Å². The topological polar surface area (TPSA) is 24.5 Å². The second-order valence-electron chi connectivity index (χ2n) is 5.96. The molecule has 0 spiro atoms. The Bertz CT molecular complexity index is 483. The normalized spacial score (nSPS) is 20.8. The van der Waals surface area contributed by atoms with Crippen LogP contribution in [0, 0.1) is 23.4 Å².